The third kappa shape index (κ3) is 3.32. The maximum Gasteiger partial charge on any atom is 0.230 e. The van der Waals surface area contributed by atoms with Crippen LogP contribution in [0.4, 0.5) is 5.82 Å². The van der Waals surface area contributed by atoms with Crippen molar-refractivity contribution in [2.24, 2.45) is 7.05 Å². The lowest BCUT2D eigenvalue weighted by molar-refractivity contribution is -0.115. The van der Waals surface area contributed by atoms with Gasteiger partial charge in [0.15, 0.2) is 0 Å². The molecule has 110 valence electrons. The Balaban J connectivity index is 1.65. The second kappa shape index (κ2) is 6.13. The predicted octanol–water partition coefficient (Wildman–Crippen LogP) is 1.45. The largest absolute Gasteiger partial charge is 0.310 e. The summed E-state index contributed by atoms with van der Waals surface area (Å²) in [4.78, 5) is 24.1. The van der Waals surface area contributed by atoms with Crippen LogP contribution in [-0.4, -0.2) is 30.6 Å². The van der Waals surface area contributed by atoms with Crippen LogP contribution in [0.3, 0.4) is 0 Å². The van der Waals surface area contributed by atoms with E-state index in [0.29, 0.717) is 5.82 Å². The zero-order chi connectivity index (χ0) is 15.4. The first-order valence-electron chi connectivity index (χ1n) is 6.69. The number of amides is 1. The molecule has 3 aromatic rings. The van der Waals surface area contributed by atoms with Crippen molar-refractivity contribution in [2.75, 3.05) is 5.32 Å². The molecular weight excluding hydrogens is 280 g/mol. The summed E-state index contributed by atoms with van der Waals surface area (Å²) >= 11 is 0. The summed E-state index contributed by atoms with van der Waals surface area (Å²) in [6.07, 6.45) is 10.3. The molecule has 3 aromatic heterocycles. The van der Waals surface area contributed by atoms with E-state index in [0.717, 1.165) is 16.7 Å². The lowest BCUT2D eigenvalue weighted by Gasteiger charge is -2.05. The van der Waals surface area contributed by atoms with Crippen LogP contribution >= 0.6 is 0 Å². The van der Waals surface area contributed by atoms with E-state index < -0.39 is 0 Å². The third-order valence-electron chi connectivity index (χ3n) is 3.05. The molecule has 3 heterocycles. The second-order valence-electron chi connectivity index (χ2n) is 4.81. The summed E-state index contributed by atoms with van der Waals surface area (Å²) in [5.74, 6) is 0.380. The highest BCUT2D eigenvalue weighted by molar-refractivity contribution is 5.91. The van der Waals surface area contributed by atoms with Crippen molar-refractivity contribution >= 4 is 11.7 Å². The Bertz CT molecular complexity index is 766. The van der Waals surface area contributed by atoms with E-state index in [-0.39, 0.29) is 12.3 Å². The molecule has 0 saturated carbocycles. The summed E-state index contributed by atoms with van der Waals surface area (Å²) in [7, 11) is 1.81. The van der Waals surface area contributed by atoms with Gasteiger partial charge >= 0.3 is 0 Å². The minimum absolute atomic E-state index is 0.128. The number of nitrogens with zero attached hydrogens (tertiary/aromatic N) is 5. The van der Waals surface area contributed by atoms with Crippen LogP contribution in [0.1, 0.15) is 5.56 Å². The van der Waals surface area contributed by atoms with Gasteiger partial charge in [-0.15, -0.1) is 0 Å². The first kappa shape index (κ1) is 13.9. The summed E-state index contributed by atoms with van der Waals surface area (Å²) in [6.45, 7) is 0. The second-order valence-corrected chi connectivity index (χ2v) is 4.81. The lowest BCUT2D eigenvalue weighted by Crippen LogP contribution is -2.14. The number of hydrogen-bond donors (Lipinski definition) is 1. The molecular formula is C15H14N6O. The van der Waals surface area contributed by atoms with Crippen LogP contribution in [0, 0.1) is 0 Å². The fourth-order valence-electron chi connectivity index (χ4n) is 2.02. The number of hydrogen-bond acceptors (Lipinski definition) is 5. The number of carbonyl (C=O) groups excluding carboxylic acids is 1. The summed E-state index contributed by atoms with van der Waals surface area (Å²) < 4.78 is 1.66. The molecule has 3 rings (SSSR count). The quantitative estimate of drug-likeness (QED) is 0.787. The standard InChI is InChI=1S/C15H14N6O/c1-21-9-11(5-19-21)4-15(22)20-14-3-2-12(8-18-14)13-6-16-10-17-7-13/h2-3,5-10H,4H2,1H3,(H,18,20,22). The average molecular weight is 294 g/mol. The van der Waals surface area contributed by atoms with E-state index in [1.807, 2.05) is 19.3 Å². The van der Waals surface area contributed by atoms with Crippen molar-refractivity contribution in [3.05, 3.63) is 55.0 Å². The zero-order valence-corrected chi connectivity index (χ0v) is 12.0. The Morgan fingerprint density at radius 1 is 1.14 bits per heavy atom. The Hall–Kier alpha value is -3.09. The highest BCUT2D eigenvalue weighted by atomic mass is 16.1. The van der Waals surface area contributed by atoms with E-state index in [2.05, 4.69) is 25.4 Å². The Morgan fingerprint density at radius 3 is 2.59 bits per heavy atom. The van der Waals surface area contributed by atoms with Crippen molar-refractivity contribution in [3.63, 3.8) is 0 Å². The van der Waals surface area contributed by atoms with Gasteiger partial charge in [-0.25, -0.2) is 15.0 Å². The van der Waals surface area contributed by atoms with Crippen LogP contribution in [-0.2, 0) is 18.3 Å². The van der Waals surface area contributed by atoms with E-state index in [1.165, 1.54) is 6.33 Å². The molecule has 7 nitrogen and oxygen atoms in total. The van der Waals surface area contributed by atoms with Crippen LogP contribution in [0.5, 0.6) is 0 Å². The molecule has 0 radical (unpaired) electrons. The van der Waals surface area contributed by atoms with E-state index in [9.17, 15) is 4.79 Å². The molecule has 0 saturated heterocycles. The third-order valence-corrected chi connectivity index (χ3v) is 3.05. The molecule has 0 atom stereocenters. The maximum absolute atomic E-state index is 11.9. The molecule has 0 aliphatic heterocycles. The molecule has 1 amide bonds. The van der Waals surface area contributed by atoms with Crippen molar-refractivity contribution in [1.82, 2.24) is 24.7 Å². The van der Waals surface area contributed by atoms with Crippen molar-refractivity contribution in [2.45, 2.75) is 6.42 Å². The smallest absolute Gasteiger partial charge is 0.230 e. The van der Waals surface area contributed by atoms with Gasteiger partial charge in [-0.2, -0.15) is 5.10 Å². The number of pyridine rings is 1. The summed E-state index contributed by atoms with van der Waals surface area (Å²) in [6, 6.07) is 3.62. The van der Waals surface area contributed by atoms with Gasteiger partial charge in [-0.1, -0.05) is 0 Å². The number of anilines is 1. The Morgan fingerprint density at radius 2 is 1.95 bits per heavy atom. The predicted molar refractivity (Wildman–Crippen MR) is 80.8 cm³/mol. The van der Waals surface area contributed by atoms with Crippen LogP contribution in [0.25, 0.3) is 11.1 Å². The first-order chi connectivity index (χ1) is 10.7. The molecule has 0 unspecified atom stereocenters. The zero-order valence-electron chi connectivity index (χ0n) is 12.0. The molecule has 7 heteroatoms. The number of rotatable bonds is 4. The topological polar surface area (TPSA) is 85.6 Å². The van der Waals surface area contributed by atoms with Crippen LogP contribution < -0.4 is 5.32 Å². The fraction of sp³-hybridized carbons (Fsp3) is 0.133. The molecule has 0 bridgehead atoms. The van der Waals surface area contributed by atoms with Gasteiger partial charge in [0, 0.05) is 43.0 Å². The van der Waals surface area contributed by atoms with Gasteiger partial charge in [0.25, 0.3) is 0 Å². The minimum Gasteiger partial charge on any atom is -0.310 e. The summed E-state index contributed by atoms with van der Waals surface area (Å²) in [5, 5.41) is 6.79. The van der Waals surface area contributed by atoms with E-state index in [4.69, 9.17) is 0 Å². The molecule has 0 aliphatic rings. The van der Waals surface area contributed by atoms with Gasteiger partial charge in [0.2, 0.25) is 5.91 Å². The lowest BCUT2D eigenvalue weighted by atomic mass is 10.1. The molecule has 0 spiro atoms. The maximum atomic E-state index is 11.9. The monoisotopic (exact) mass is 294 g/mol. The van der Waals surface area contributed by atoms with Gasteiger partial charge < -0.3 is 5.32 Å². The van der Waals surface area contributed by atoms with E-state index >= 15 is 0 Å². The van der Waals surface area contributed by atoms with Crippen molar-refractivity contribution < 1.29 is 4.79 Å². The molecule has 0 aliphatic carbocycles. The average Bonchev–Trinajstić information content (AvgIpc) is 2.94. The van der Waals surface area contributed by atoms with Crippen LogP contribution in [0.15, 0.2) is 49.4 Å². The van der Waals surface area contributed by atoms with Gasteiger partial charge in [-0.05, 0) is 17.7 Å². The van der Waals surface area contributed by atoms with Gasteiger partial charge in [0.1, 0.15) is 12.1 Å². The van der Waals surface area contributed by atoms with Crippen molar-refractivity contribution in [1.29, 1.82) is 0 Å². The van der Waals surface area contributed by atoms with Gasteiger partial charge in [-0.3, -0.25) is 9.48 Å². The highest BCUT2D eigenvalue weighted by Gasteiger charge is 2.07. The molecule has 0 aromatic carbocycles. The van der Waals surface area contributed by atoms with Crippen molar-refractivity contribution in [3.8, 4) is 11.1 Å². The normalized spacial score (nSPS) is 10.4. The Labute approximate surface area is 127 Å². The first-order valence-corrected chi connectivity index (χ1v) is 6.69. The minimum atomic E-state index is -0.128. The van der Waals surface area contributed by atoms with Gasteiger partial charge in [0.05, 0.1) is 12.6 Å². The Kier molecular flexibility index (Phi) is 3.86. The number of aromatic nitrogens is 5. The van der Waals surface area contributed by atoms with Crippen LogP contribution in [0.2, 0.25) is 0 Å². The molecule has 0 fully saturated rings. The SMILES string of the molecule is Cn1cc(CC(=O)Nc2ccc(-c3cncnc3)cn2)cn1. The fourth-order valence-corrected chi connectivity index (χ4v) is 2.02. The molecule has 22 heavy (non-hydrogen) atoms. The summed E-state index contributed by atoms with van der Waals surface area (Å²) in [5.41, 5.74) is 2.63. The number of carbonyl (C=O) groups is 1. The van der Waals surface area contributed by atoms with E-state index in [1.54, 1.807) is 35.5 Å². The number of aryl methyl sites for hydroxylation is 1. The molecule has 1 N–H and O–H groups in total. The number of nitrogens with one attached hydrogen (secondary N) is 1. The highest BCUT2D eigenvalue weighted by Crippen LogP contribution is 2.17.